The Labute approximate surface area is 269 Å². The number of rotatable bonds is 6. The zero-order valence-corrected chi connectivity index (χ0v) is 26.5. The minimum Gasteiger partial charge on any atom is -0.387 e. The number of aliphatic hydroxyl groups is 1. The maximum absolute atomic E-state index is 14.2. The summed E-state index contributed by atoms with van der Waals surface area (Å²) < 4.78 is 43.4. The molecule has 0 amide bonds. The molecule has 3 aromatic carbocycles. The minimum absolute atomic E-state index is 0.0559. The second-order valence-electron chi connectivity index (χ2n) is 11.9. The smallest absolute Gasteiger partial charge is 0.160 e. The van der Waals surface area contributed by atoms with Crippen LogP contribution in [-0.4, -0.2) is 35.7 Å². The molecule has 1 aliphatic rings. The summed E-state index contributed by atoms with van der Waals surface area (Å²) in [6.07, 6.45) is 6.06. The average Bonchev–Trinajstić information content (AvgIpc) is 3.58. The number of hydrogen-bond donors (Lipinski definition) is 1. The van der Waals surface area contributed by atoms with Gasteiger partial charge in [0.1, 0.15) is 30.1 Å². The molecule has 0 radical (unpaired) electrons. The van der Waals surface area contributed by atoms with Gasteiger partial charge in [-0.05, 0) is 60.8 Å². The lowest BCUT2D eigenvalue weighted by Crippen LogP contribution is -2.49. The van der Waals surface area contributed by atoms with Crippen LogP contribution in [0.1, 0.15) is 37.9 Å². The number of hydrogen-bond acceptors (Lipinski definition) is 5. The Hall–Kier alpha value is -3.79. The summed E-state index contributed by atoms with van der Waals surface area (Å²) in [7, 11) is 0. The molecule has 6 nitrogen and oxygen atoms in total. The number of benzene rings is 3. The van der Waals surface area contributed by atoms with E-state index in [9.17, 15) is 18.3 Å². The molecule has 1 N–H and O–H groups in total. The van der Waals surface area contributed by atoms with Crippen molar-refractivity contribution >= 4 is 23.2 Å². The molecule has 45 heavy (non-hydrogen) atoms. The van der Waals surface area contributed by atoms with E-state index in [4.69, 9.17) is 23.2 Å². The van der Waals surface area contributed by atoms with Crippen LogP contribution >= 0.6 is 23.2 Å². The fraction of sp³-hybridized carbons (Fsp3) is 0.294. The van der Waals surface area contributed by atoms with Gasteiger partial charge in [0.25, 0.3) is 0 Å². The Morgan fingerprint density at radius 3 is 2.20 bits per heavy atom. The number of halogens is 5. The van der Waals surface area contributed by atoms with Crippen molar-refractivity contribution in [3.63, 3.8) is 0 Å². The molecule has 2 atom stereocenters. The minimum atomic E-state index is -1.05. The molecule has 11 heteroatoms. The van der Waals surface area contributed by atoms with Gasteiger partial charge in [-0.2, -0.15) is 10.2 Å². The van der Waals surface area contributed by atoms with E-state index in [1.165, 1.54) is 11.9 Å². The fourth-order valence-electron chi connectivity index (χ4n) is 6.09. The van der Waals surface area contributed by atoms with Crippen molar-refractivity contribution in [3.8, 4) is 22.3 Å². The van der Waals surface area contributed by atoms with Crippen molar-refractivity contribution in [1.29, 1.82) is 0 Å². The number of aryl methyl sites for hydroxylation is 1. The summed E-state index contributed by atoms with van der Waals surface area (Å²) in [5, 5.41) is 23.9. The van der Waals surface area contributed by atoms with E-state index >= 15 is 0 Å². The molecule has 5 aromatic rings. The van der Waals surface area contributed by atoms with Crippen LogP contribution in [0.2, 0.25) is 10.2 Å². The summed E-state index contributed by atoms with van der Waals surface area (Å²) in [6, 6.07) is 18.0. The molecule has 1 saturated carbocycles. The second kappa shape index (κ2) is 13.3. The van der Waals surface area contributed by atoms with E-state index < -0.39 is 28.6 Å². The van der Waals surface area contributed by atoms with E-state index in [0.717, 1.165) is 24.3 Å². The topological polar surface area (TPSA) is 76.7 Å². The van der Waals surface area contributed by atoms with Crippen LogP contribution in [0.15, 0.2) is 79.4 Å². The number of aromatic nitrogens is 5. The van der Waals surface area contributed by atoms with E-state index in [1.807, 2.05) is 30.3 Å². The van der Waals surface area contributed by atoms with Crippen LogP contribution in [-0.2, 0) is 13.0 Å². The summed E-state index contributed by atoms with van der Waals surface area (Å²) in [5.74, 6) is -2.89. The first-order valence-corrected chi connectivity index (χ1v) is 15.2. The molecule has 6 rings (SSSR count). The van der Waals surface area contributed by atoms with E-state index in [-0.39, 0.29) is 22.0 Å². The Balaban J connectivity index is 0.000000178. The summed E-state index contributed by atoms with van der Waals surface area (Å²) in [5.41, 5.74) is 1.50. The third kappa shape index (κ3) is 6.90. The number of nitrogens with zero attached hydrogens (tertiary/aromatic N) is 5. The summed E-state index contributed by atoms with van der Waals surface area (Å²) in [4.78, 5) is 3.99. The molecule has 2 heterocycles. The Morgan fingerprint density at radius 1 is 0.911 bits per heavy atom. The molecule has 2 unspecified atom stereocenters. The molecule has 0 bridgehead atoms. The van der Waals surface area contributed by atoms with Crippen molar-refractivity contribution in [1.82, 2.24) is 25.0 Å². The van der Waals surface area contributed by atoms with Crippen LogP contribution < -0.4 is 0 Å². The molecule has 0 spiro atoms. The van der Waals surface area contributed by atoms with Gasteiger partial charge in [-0.3, -0.25) is 4.68 Å². The van der Waals surface area contributed by atoms with Gasteiger partial charge in [-0.15, -0.1) is 5.10 Å². The highest BCUT2D eigenvalue weighted by Crippen LogP contribution is 2.51. The van der Waals surface area contributed by atoms with Crippen LogP contribution in [0.25, 0.3) is 22.3 Å². The first-order chi connectivity index (χ1) is 21.4. The van der Waals surface area contributed by atoms with Gasteiger partial charge in [-0.25, -0.2) is 18.2 Å². The Morgan fingerprint density at radius 2 is 1.58 bits per heavy atom. The lowest BCUT2D eigenvalue weighted by atomic mass is 9.72. The maximum atomic E-state index is 14.2. The third-order valence-corrected chi connectivity index (χ3v) is 9.17. The van der Waals surface area contributed by atoms with Crippen molar-refractivity contribution < 1.29 is 18.3 Å². The van der Waals surface area contributed by atoms with Crippen LogP contribution in [0.3, 0.4) is 0 Å². The predicted molar refractivity (Wildman–Crippen MR) is 169 cm³/mol. The quantitative estimate of drug-likeness (QED) is 0.199. The molecular formula is C34H32Cl2F3N5O. The highest BCUT2D eigenvalue weighted by Gasteiger charge is 2.54. The summed E-state index contributed by atoms with van der Waals surface area (Å²) >= 11 is 12.0. The Kier molecular flexibility index (Phi) is 9.63. The van der Waals surface area contributed by atoms with Crippen molar-refractivity contribution in [2.75, 3.05) is 0 Å². The van der Waals surface area contributed by atoms with Crippen LogP contribution in [0.4, 0.5) is 13.2 Å². The van der Waals surface area contributed by atoms with Gasteiger partial charge in [-0.1, -0.05) is 79.5 Å². The highest BCUT2D eigenvalue weighted by molar-refractivity contribution is 6.33. The molecule has 234 valence electrons. The zero-order chi connectivity index (χ0) is 32.4. The predicted octanol–water partition coefficient (Wildman–Crippen LogP) is 8.53. The molecular weight excluding hydrogens is 622 g/mol. The van der Waals surface area contributed by atoms with Gasteiger partial charge >= 0.3 is 0 Å². The fourth-order valence-corrected chi connectivity index (χ4v) is 6.45. The molecule has 0 saturated heterocycles. The second-order valence-corrected chi connectivity index (χ2v) is 12.7. The van der Waals surface area contributed by atoms with Gasteiger partial charge in [0.15, 0.2) is 5.15 Å². The highest BCUT2D eigenvalue weighted by atomic mass is 35.5. The summed E-state index contributed by atoms with van der Waals surface area (Å²) in [6.45, 7) is 6.43. The average molecular weight is 655 g/mol. The van der Waals surface area contributed by atoms with Gasteiger partial charge in [0.2, 0.25) is 0 Å². The zero-order valence-electron chi connectivity index (χ0n) is 25.0. The first kappa shape index (κ1) is 32.6. The van der Waals surface area contributed by atoms with Gasteiger partial charge in [0, 0.05) is 28.3 Å². The molecule has 1 aliphatic carbocycles. The van der Waals surface area contributed by atoms with Gasteiger partial charge in [0.05, 0.1) is 23.4 Å². The maximum Gasteiger partial charge on any atom is 0.160 e. The van der Waals surface area contributed by atoms with E-state index in [2.05, 4.69) is 34.1 Å². The largest absolute Gasteiger partial charge is 0.387 e. The lowest BCUT2D eigenvalue weighted by molar-refractivity contribution is -0.0907. The monoisotopic (exact) mass is 653 g/mol. The van der Waals surface area contributed by atoms with Crippen molar-refractivity contribution in [3.05, 3.63) is 118 Å². The van der Waals surface area contributed by atoms with Crippen molar-refractivity contribution in [2.45, 2.75) is 52.2 Å². The first-order valence-electron chi connectivity index (χ1n) is 14.4. The Bertz CT molecular complexity index is 1750. The normalized spacial score (nSPS) is 18.8. The van der Waals surface area contributed by atoms with Crippen molar-refractivity contribution in [2.24, 2.45) is 11.3 Å². The van der Waals surface area contributed by atoms with Gasteiger partial charge < -0.3 is 5.11 Å². The van der Waals surface area contributed by atoms with E-state index in [0.29, 0.717) is 35.5 Å². The van der Waals surface area contributed by atoms with E-state index in [1.54, 1.807) is 42.2 Å². The standard InChI is InChI=1S/C17H10ClF3N2.C17H22ClN3O/c1-9-14(10-5-3-2-4-6-10)16(17(18)23-22-9)15-12(20)7-11(19)8-13(15)21;1-16(2)8-7-14(9-13-3-5-15(18)6-4-13)17(16,22)10-21-12-19-11-20-21/h2-8H,1H3;3-6,11-12,14,22H,7-10H2,1-2H3. The third-order valence-electron chi connectivity index (χ3n) is 8.66. The van der Waals surface area contributed by atoms with Crippen LogP contribution in [0, 0.1) is 35.7 Å². The van der Waals surface area contributed by atoms with Crippen LogP contribution in [0.5, 0.6) is 0 Å². The lowest BCUT2D eigenvalue weighted by Gasteiger charge is -2.40. The molecule has 0 aliphatic heterocycles. The molecule has 1 fully saturated rings. The SMILES string of the molecule is CC1(C)CCC(Cc2ccc(Cl)cc2)C1(O)Cn1cncn1.Cc1nnc(Cl)c(-c2c(F)cc(F)cc2F)c1-c1ccccc1. The molecule has 2 aromatic heterocycles.